The molecule has 3 nitrogen and oxygen atoms in total. The van der Waals surface area contributed by atoms with E-state index < -0.39 is 6.10 Å². The lowest BCUT2D eigenvalue weighted by molar-refractivity contribution is -0.157. The lowest BCUT2D eigenvalue weighted by Crippen LogP contribution is -2.39. The first-order valence-electron chi connectivity index (χ1n) is 6.05. The molecule has 0 heterocycles. The Kier molecular flexibility index (Phi) is 5.09. The SMILES string of the molecule is CCC[C@H]1CCC[C@@H](O)[C@H]1C(=O)OCC. The molecule has 3 atom stereocenters. The molecule has 0 aliphatic heterocycles. The molecule has 3 heteroatoms. The maximum Gasteiger partial charge on any atom is 0.311 e. The van der Waals surface area contributed by atoms with E-state index in [0.29, 0.717) is 12.5 Å². The van der Waals surface area contributed by atoms with Gasteiger partial charge in [-0.1, -0.05) is 19.8 Å². The average molecular weight is 214 g/mol. The van der Waals surface area contributed by atoms with Crippen molar-refractivity contribution in [2.24, 2.45) is 11.8 Å². The van der Waals surface area contributed by atoms with E-state index in [1.807, 2.05) is 6.92 Å². The third kappa shape index (κ3) is 3.20. The van der Waals surface area contributed by atoms with Crippen LogP contribution in [-0.4, -0.2) is 23.8 Å². The predicted octanol–water partition coefficient (Wildman–Crippen LogP) is 2.13. The zero-order valence-corrected chi connectivity index (χ0v) is 9.74. The molecule has 15 heavy (non-hydrogen) atoms. The van der Waals surface area contributed by atoms with Crippen LogP contribution < -0.4 is 0 Å². The minimum Gasteiger partial charge on any atom is -0.466 e. The molecular weight excluding hydrogens is 192 g/mol. The highest BCUT2D eigenvalue weighted by Gasteiger charge is 2.37. The molecule has 1 saturated carbocycles. The Morgan fingerprint density at radius 3 is 2.73 bits per heavy atom. The van der Waals surface area contributed by atoms with Crippen LogP contribution in [0.15, 0.2) is 0 Å². The van der Waals surface area contributed by atoms with Gasteiger partial charge < -0.3 is 9.84 Å². The van der Waals surface area contributed by atoms with E-state index in [1.54, 1.807) is 0 Å². The Labute approximate surface area is 91.8 Å². The molecule has 1 aliphatic rings. The van der Waals surface area contributed by atoms with Crippen molar-refractivity contribution in [2.45, 2.75) is 52.1 Å². The summed E-state index contributed by atoms with van der Waals surface area (Å²) in [4.78, 5) is 11.7. The fraction of sp³-hybridized carbons (Fsp3) is 0.917. The Balaban J connectivity index is 2.63. The third-order valence-corrected chi connectivity index (χ3v) is 3.22. The van der Waals surface area contributed by atoms with Gasteiger partial charge in [0.25, 0.3) is 0 Å². The molecule has 1 fully saturated rings. The second-order valence-electron chi connectivity index (χ2n) is 4.32. The smallest absolute Gasteiger partial charge is 0.311 e. The number of aliphatic hydroxyl groups is 1. The number of hydrogen-bond acceptors (Lipinski definition) is 3. The number of aliphatic hydroxyl groups excluding tert-OH is 1. The number of esters is 1. The molecule has 0 spiro atoms. The van der Waals surface area contributed by atoms with Gasteiger partial charge in [-0.05, 0) is 32.1 Å². The lowest BCUT2D eigenvalue weighted by atomic mass is 9.75. The maximum absolute atomic E-state index is 11.7. The molecule has 0 aromatic rings. The van der Waals surface area contributed by atoms with E-state index in [1.165, 1.54) is 0 Å². The zero-order chi connectivity index (χ0) is 11.3. The van der Waals surface area contributed by atoms with Crippen molar-refractivity contribution in [2.75, 3.05) is 6.61 Å². The average Bonchev–Trinajstić information content (AvgIpc) is 2.18. The minimum absolute atomic E-state index is 0.205. The summed E-state index contributed by atoms with van der Waals surface area (Å²) in [6.07, 6.45) is 4.41. The molecule has 0 radical (unpaired) electrons. The molecule has 1 rings (SSSR count). The topological polar surface area (TPSA) is 46.5 Å². The summed E-state index contributed by atoms with van der Waals surface area (Å²) in [5.74, 6) is -0.167. The van der Waals surface area contributed by atoms with Crippen LogP contribution in [0.3, 0.4) is 0 Å². The van der Waals surface area contributed by atoms with Crippen LogP contribution >= 0.6 is 0 Å². The van der Waals surface area contributed by atoms with Crippen molar-refractivity contribution in [3.05, 3.63) is 0 Å². The largest absolute Gasteiger partial charge is 0.466 e. The number of hydrogen-bond donors (Lipinski definition) is 1. The van der Waals surface area contributed by atoms with Crippen LogP contribution in [0.2, 0.25) is 0 Å². The van der Waals surface area contributed by atoms with Crippen molar-refractivity contribution in [3.8, 4) is 0 Å². The van der Waals surface area contributed by atoms with Crippen molar-refractivity contribution < 1.29 is 14.6 Å². The second kappa shape index (κ2) is 6.11. The standard InChI is InChI=1S/C12H22O3/c1-3-6-9-7-5-8-10(13)11(9)12(14)15-4-2/h9-11,13H,3-8H2,1-2H3/t9-,10+,11-/m0/s1. The summed E-state index contributed by atoms with van der Waals surface area (Å²) in [5, 5.41) is 9.86. The van der Waals surface area contributed by atoms with Crippen molar-refractivity contribution in [1.29, 1.82) is 0 Å². The molecular formula is C12H22O3. The molecule has 0 aromatic heterocycles. The first-order valence-corrected chi connectivity index (χ1v) is 6.05. The molecule has 0 amide bonds. The summed E-state index contributed by atoms with van der Waals surface area (Å²) in [6.45, 7) is 4.33. The highest BCUT2D eigenvalue weighted by Crippen LogP contribution is 2.34. The number of carbonyl (C=O) groups excluding carboxylic acids is 1. The fourth-order valence-electron chi connectivity index (χ4n) is 2.55. The third-order valence-electron chi connectivity index (χ3n) is 3.22. The van der Waals surface area contributed by atoms with Gasteiger partial charge in [0.2, 0.25) is 0 Å². The Bertz CT molecular complexity index is 201. The van der Waals surface area contributed by atoms with E-state index in [-0.39, 0.29) is 11.9 Å². The predicted molar refractivity (Wildman–Crippen MR) is 58.4 cm³/mol. The van der Waals surface area contributed by atoms with Crippen LogP contribution in [0.5, 0.6) is 0 Å². The van der Waals surface area contributed by atoms with Crippen molar-refractivity contribution >= 4 is 5.97 Å². The molecule has 0 bridgehead atoms. The molecule has 1 aliphatic carbocycles. The van der Waals surface area contributed by atoms with Crippen LogP contribution in [0.4, 0.5) is 0 Å². The van der Waals surface area contributed by atoms with Gasteiger partial charge in [0.15, 0.2) is 0 Å². The second-order valence-corrected chi connectivity index (χ2v) is 4.32. The molecule has 0 aromatic carbocycles. The van der Waals surface area contributed by atoms with Gasteiger partial charge in [0.1, 0.15) is 0 Å². The Morgan fingerprint density at radius 1 is 1.40 bits per heavy atom. The summed E-state index contributed by atoms with van der Waals surface area (Å²) in [6, 6.07) is 0. The quantitative estimate of drug-likeness (QED) is 0.729. The van der Waals surface area contributed by atoms with Gasteiger partial charge in [0.05, 0.1) is 18.6 Å². The fourth-order valence-corrected chi connectivity index (χ4v) is 2.55. The molecule has 88 valence electrons. The van der Waals surface area contributed by atoms with E-state index in [9.17, 15) is 9.90 Å². The number of rotatable bonds is 4. The van der Waals surface area contributed by atoms with Crippen LogP contribution in [0.25, 0.3) is 0 Å². The summed E-state index contributed by atoms with van der Waals surface area (Å²) >= 11 is 0. The Hall–Kier alpha value is -0.570. The van der Waals surface area contributed by atoms with Crippen LogP contribution in [0, 0.1) is 11.8 Å². The Morgan fingerprint density at radius 2 is 2.13 bits per heavy atom. The maximum atomic E-state index is 11.7. The molecule has 0 saturated heterocycles. The van der Waals surface area contributed by atoms with Gasteiger partial charge in [-0.2, -0.15) is 0 Å². The first-order chi connectivity index (χ1) is 7.20. The van der Waals surface area contributed by atoms with Crippen molar-refractivity contribution in [1.82, 2.24) is 0 Å². The molecule has 0 unspecified atom stereocenters. The normalized spacial score (nSPS) is 31.3. The summed E-state index contributed by atoms with van der Waals surface area (Å²) in [5.41, 5.74) is 0. The highest BCUT2D eigenvalue weighted by atomic mass is 16.5. The summed E-state index contributed by atoms with van der Waals surface area (Å²) < 4.78 is 5.03. The highest BCUT2D eigenvalue weighted by molar-refractivity contribution is 5.73. The van der Waals surface area contributed by atoms with Gasteiger partial charge in [-0.15, -0.1) is 0 Å². The molecule has 1 N–H and O–H groups in total. The van der Waals surface area contributed by atoms with E-state index in [4.69, 9.17) is 4.74 Å². The number of carbonyl (C=O) groups is 1. The van der Waals surface area contributed by atoms with E-state index in [0.717, 1.165) is 32.1 Å². The summed E-state index contributed by atoms with van der Waals surface area (Å²) in [7, 11) is 0. The van der Waals surface area contributed by atoms with E-state index >= 15 is 0 Å². The van der Waals surface area contributed by atoms with Gasteiger partial charge in [0, 0.05) is 0 Å². The van der Waals surface area contributed by atoms with Gasteiger partial charge in [-0.3, -0.25) is 4.79 Å². The monoisotopic (exact) mass is 214 g/mol. The van der Waals surface area contributed by atoms with Crippen LogP contribution in [-0.2, 0) is 9.53 Å². The van der Waals surface area contributed by atoms with Gasteiger partial charge in [-0.25, -0.2) is 0 Å². The van der Waals surface area contributed by atoms with Gasteiger partial charge >= 0.3 is 5.97 Å². The van der Waals surface area contributed by atoms with E-state index in [2.05, 4.69) is 6.92 Å². The minimum atomic E-state index is -0.491. The van der Waals surface area contributed by atoms with Crippen LogP contribution in [0.1, 0.15) is 46.0 Å². The lowest BCUT2D eigenvalue weighted by Gasteiger charge is -2.33. The number of ether oxygens (including phenoxy) is 1. The first kappa shape index (κ1) is 12.5. The zero-order valence-electron chi connectivity index (χ0n) is 9.74. The van der Waals surface area contributed by atoms with Crippen molar-refractivity contribution in [3.63, 3.8) is 0 Å².